The van der Waals surface area contributed by atoms with E-state index in [1.165, 1.54) is 18.5 Å². The van der Waals surface area contributed by atoms with Gasteiger partial charge in [-0.05, 0) is 45.7 Å². The van der Waals surface area contributed by atoms with Crippen LogP contribution in [0.3, 0.4) is 0 Å². The van der Waals surface area contributed by atoms with Crippen molar-refractivity contribution in [3.8, 4) is 0 Å². The molecular weight excluding hydrogens is 284 g/mol. The van der Waals surface area contributed by atoms with Crippen molar-refractivity contribution in [2.24, 2.45) is 5.92 Å². The average Bonchev–Trinajstić information content (AvgIpc) is 2.98. The average molecular weight is 313 g/mol. The smallest absolute Gasteiger partial charge is 0.0860 e. The van der Waals surface area contributed by atoms with Gasteiger partial charge in [-0.25, -0.2) is 0 Å². The van der Waals surface area contributed by atoms with E-state index in [1.54, 1.807) is 0 Å². The van der Waals surface area contributed by atoms with Gasteiger partial charge in [0, 0.05) is 25.7 Å². The topological polar surface area (TPSA) is 33.1 Å². The summed E-state index contributed by atoms with van der Waals surface area (Å²) in [5.74, 6) is 0.707. The van der Waals surface area contributed by atoms with Gasteiger partial charge in [0.05, 0.1) is 16.4 Å². The lowest BCUT2D eigenvalue weighted by Gasteiger charge is -2.25. The first kappa shape index (κ1) is 16.8. The maximum atomic E-state index is 6.44. The summed E-state index contributed by atoms with van der Waals surface area (Å²) in [6, 6.07) is 0.625. The maximum Gasteiger partial charge on any atom is 0.0860 e. The summed E-state index contributed by atoms with van der Waals surface area (Å²) in [7, 11) is 0. The SMILES string of the molecule is CCn1nc(C)c(Cl)c1CN1CCCC1CNCC(C)C. The van der Waals surface area contributed by atoms with Gasteiger partial charge in [-0.3, -0.25) is 9.58 Å². The number of hydrogen-bond donors (Lipinski definition) is 1. The number of likely N-dealkylation sites (tertiary alicyclic amines) is 1. The van der Waals surface area contributed by atoms with E-state index in [-0.39, 0.29) is 0 Å². The summed E-state index contributed by atoms with van der Waals surface area (Å²) in [5.41, 5.74) is 2.12. The van der Waals surface area contributed by atoms with E-state index in [0.29, 0.717) is 12.0 Å². The number of aromatic nitrogens is 2. The molecule has 1 aliphatic rings. The molecule has 1 aliphatic heterocycles. The Bertz CT molecular complexity index is 455. The molecule has 1 unspecified atom stereocenters. The zero-order valence-electron chi connectivity index (χ0n) is 13.8. The molecule has 1 aromatic rings. The Labute approximate surface area is 133 Å². The molecule has 0 aliphatic carbocycles. The minimum atomic E-state index is 0.625. The highest BCUT2D eigenvalue weighted by atomic mass is 35.5. The van der Waals surface area contributed by atoms with Crippen LogP contribution in [0.25, 0.3) is 0 Å². The van der Waals surface area contributed by atoms with Crippen molar-refractivity contribution in [3.05, 3.63) is 16.4 Å². The highest BCUT2D eigenvalue weighted by Crippen LogP contribution is 2.25. The van der Waals surface area contributed by atoms with Crippen LogP contribution in [0.4, 0.5) is 0 Å². The summed E-state index contributed by atoms with van der Waals surface area (Å²) in [4.78, 5) is 2.56. The monoisotopic (exact) mass is 312 g/mol. The van der Waals surface area contributed by atoms with Crippen molar-refractivity contribution in [1.29, 1.82) is 0 Å². The fraction of sp³-hybridized carbons (Fsp3) is 0.812. The normalized spacial score (nSPS) is 19.8. The first-order valence-electron chi connectivity index (χ1n) is 8.19. The van der Waals surface area contributed by atoms with Crippen LogP contribution in [0.5, 0.6) is 0 Å². The molecule has 4 nitrogen and oxygen atoms in total. The van der Waals surface area contributed by atoms with Crippen LogP contribution < -0.4 is 5.32 Å². The van der Waals surface area contributed by atoms with Gasteiger partial charge in [-0.15, -0.1) is 0 Å². The van der Waals surface area contributed by atoms with Gasteiger partial charge in [-0.2, -0.15) is 5.10 Å². The number of nitrogens with zero attached hydrogens (tertiary/aromatic N) is 3. The number of hydrogen-bond acceptors (Lipinski definition) is 3. The van der Waals surface area contributed by atoms with Crippen molar-refractivity contribution in [2.45, 2.75) is 59.7 Å². The summed E-state index contributed by atoms with van der Waals surface area (Å²) >= 11 is 6.44. The van der Waals surface area contributed by atoms with E-state index < -0.39 is 0 Å². The molecule has 0 spiro atoms. The van der Waals surface area contributed by atoms with Gasteiger partial charge < -0.3 is 5.32 Å². The number of halogens is 1. The number of rotatable bonds is 7. The Kier molecular flexibility index (Phi) is 6.08. The van der Waals surface area contributed by atoms with Crippen molar-refractivity contribution in [1.82, 2.24) is 20.0 Å². The molecule has 1 fully saturated rings. The van der Waals surface area contributed by atoms with Crippen molar-refractivity contribution in [3.63, 3.8) is 0 Å². The van der Waals surface area contributed by atoms with E-state index in [0.717, 1.165) is 43.4 Å². The van der Waals surface area contributed by atoms with Gasteiger partial charge in [0.1, 0.15) is 0 Å². The molecule has 21 heavy (non-hydrogen) atoms. The third-order valence-electron chi connectivity index (χ3n) is 4.24. The molecular formula is C16H29ClN4. The van der Waals surface area contributed by atoms with Gasteiger partial charge in [-0.1, -0.05) is 25.4 Å². The molecule has 120 valence electrons. The Morgan fingerprint density at radius 2 is 2.19 bits per heavy atom. The van der Waals surface area contributed by atoms with Gasteiger partial charge in [0.25, 0.3) is 0 Å². The van der Waals surface area contributed by atoms with Crippen LogP contribution in [0.2, 0.25) is 5.02 Å². The molecule has 0 bridgehead atoms. The summed E-state index contributed by atoms with van der Waals surface area (Å²) in [5, 5.41) is 8.96. The van der Waals surface area contributed by atoms with Crippen LogP contribution in [0.15, 0.2) is 0 Å². The second kappa shape index (κ2) is 7.61. The predicted octanol–water partition coefficient (Wildman–Crippen LogP) is 3.07. The summed E-state index contributed by atoms with van der Waals surface area (Å²) in [6.07, 6.45) is 2.56. The Morgan fingerprint density at radius 3 is 2.86 bits per heavy atom. The van der Waals surface area contributed by atoms with Crippen LogP contribution in [0, 0.1) is 12.8 Å². The molecule has 1 saturated heterocycles. The third kappa shape index (κ3) is 4.21. The van der Waals surface area contributed by atoms with Gasteiger partial charge in [0.2, 0.25) is 0 Å². The summed E-state index contributed by atoms with van der Waals surface area (Å²) in [6.45, 7) is 13.8. The predicted molar refractivity (Wildman–Crippen MR) is 88.8 cm³/mol. The van der Waals surface area contributed by atoms with Gasteiger partial charge >= 0.3 is 0 Å². The van der Waals surface area contributed by atoms with Crippen LogP contribution in [-0.2, 0) is 13.1 Å². The first-order valence-corrected chi connectivity index (χ1v) is 8.57. The molecule has 5 heteroatoms. The lowest BCUT2D eigenvalue weighted by atomic mass is 10.2. The Morgan fingerprint density at radius 1 is 1.43 bits per heavy atom. The van der Waals surface area contributed by atoms with Crippen LogP contribution >= 0.6 is 11.6 Å². The van der Waals surface area contributed by atoms with E-state index >= 15 is 0 Å². The Balaban J connectivity index is 1.98. The van der Waals surface area contributed by atoms with Crippen molar-refractivity contribution >= 4 is 11.6 Å². The zero-order valence-corrected chi connectivity index (χ0v) is 14.6. The fourth-order valence-corrected chi connectivity index (χ4v) is 3.28. The molecule has 1 N–H and O–H groups in total. The quantitative estimate of drug-likeness (QED) is 0.840. The lowest BCUT2D eigenvalue weighted by molar-refractivity contribution is 0.231. The molecule has 0 radical (unpaired) electrons. The van der Waals surface area contributed by atoms with Crippen molar-refractivity contribution in [2.75, 3.05) is 19.6 Å². The Hall–Kier alpha value is -0.580. The lowest BCUT2D eigenvalue weighted by Crippen LogP contribution is -2.39. The molecule has 2 rings (SSSR count). The van der Waals surface area contributed by atoms with E-state index in [1.807, 2.05) is 6.92 Å². The molecule has 2 heterocycles. The minimum absolute atomic E-state index is 0.625. The largest absolute Gasteiger partial charge is 0.315 e. The van der Waals surface area contributed by atoms with E-state index in [2.05, 4.69) is 40.8 Å². The first-order chi connectivity index (χ1) is 10.0. The van der Waals surface area contributed by atoms with Crippen LogP contribution in [0.1, 0.15) is 45.0 Å². The zero-order chi connectivity index (χ0) is 15.4. The molecule has 0 aromatic carbocycles. The molecule has 1 atom stereocenters. The second-order valence-corrected chi connectivity index (χ2v) is 6.86. The van der Waals surface area contributed by atoms with Crippen LogP contribution in [-0.4, -0.2) is 40.4 Å². The molecule has 1 aromatic heterocycles. The number of nitrogens with one attached hydrogen (secondary N) is 1. The van der Waals surface area contributed by atoms with Crippen molar-refractivity contribution < 1.29 is 0 Å². The number of aryl methyl sites for hydroxylation is 2. The summed E-state index contributed by atoms with van der Waals surface area (Å²) < 4.78 is 2.05. The van der Waals surface area contributed by atoms with E-state index in [4.69, 9.17) is 11.6 Å². The second-order valence-electron chi connectivity index (χ2n) is 6.48. The maximum absolute atomic E-state index is 6.44. The fourth-order valence-electron chi connectivity index (χ4n) is 3.09. The minimum Gasteiger partial charge on any atom is -0.315 e. The standard InChI is InChI=1S/C16H29ClN4/c1-5-21-15(16(17)13(4)19-21)11-20-8-6-7-14(20)10-18-9-12(2)3/h12,14,18H,5-11H2,1-4H3. The highest BCUT2D eigenvalue weighted by molar-refractivity contribution is 6.31. The third-order valence-corrected chi connectivity index (χ3v) is 4.73. The highest BCUT2D eigenvalue weighted by Gasteiger charge is 2.26. The molecule has 0 amide bonds. The van der Waals surface area contributed by atoms with E-state index in [9.17, 15) is 0 Å². The van der Waals surface area contributed by atoms with Gasteiger partial charge in [0.15, 0.2) is 0 Å². The molecule has 0 saturated carbocycles.